The van der Waals surface area contributed by atoms with Gasteiger partial charge >= 0.3 is 0 Å². The number of methoxy groups -OCH3 is 1. The molecule has 0 radical (unpaired) electrons. The van der Waals surface area contributed by atoms with Gasteiger partial charge in [0, 0.05) is 0 Å². The summed E-state index contributed by atoms with van der Waals surface area (Å²) in [7, 11) is 1.50. The molecular formula is C26H18BrFN2O4S. The summed E-state index contributed by atoms with van der Waals surface area (Å²) in [6.45, 7) is 0.229. The molecule has 4 rings (SSSR count). The minimum atomic E-state index is -0.431. The van der Waals surface area contributed by atoms with E-state index in [2.05, 4.69) is 22.0 Å². The number of carbonyl (C=O) groups excluding carboxylic acids is 2. The Hall–Kier alpha value is -3.61. The third-order valence-corrected chi connectivity index (χ3v) is 6.68. The highest BCUT2D eigenvalue weighted by atomic mass is 79.9. The van der Waals surface area contributed by atoms with Crippen molar-refractivity contribution in [1.29, 1.82) is 5.26 Å². The molecule has 0 bridgehead atoms. The Morgan fingerprint density at radius 2 is 1.89 bits per heavy atom. The SMILES string of the molecule is COc1cc(/C=C2/SC(=O)N(Cc3ccccc3C#N)C2=O)cc(Br)c1OCc1ccc(F)cc1. The Morgan fingerprint density at radius 1 is 1.14 bits per heavy atom. The zero-order chi connectivity index (χ0) is 24.9. The molecule has 1 heterocycles. The number of hydrogen-bond donors (Lipinski definition) is 0. The highest BCUT2D eigenvalue weighted by molar-refractivity contribution is 9.10. The molecule has 1 aliphatic heterocycles. The molecule has 9 heteroatoms. The topological polar surface area (TPSA) is 79.6 Å². The van der Waals surface area contributed by atoms with E-state index in [1.54, 1.807) is 54.6 Å². The number of benzene rings is 3. The van der Waals surface area contributed by atoms with E-state index in [0.717, 1.165) is 22.2 Å². The Labute approximate surface area is 214 Å². The van der Waals surface area contributed by atoms with Crippen LogP contribution >= 0.6 is 27.7 Å². The van der Waals surface area contributed by atoms with Gasteiger partial charge in [-0.25, -0.2) is 4.39 Å². The van der Waals surface area contributed by atoms with Gasteiger partial charge in [0.15, 0.2) is 11.5 Å². The summed E-state index contributed by atoms with van der Waals surface area (Å²) >= 11 is 4.32. The van der Waals surface area contributed by atoms with E-state index in [1.807, 2.05) is 0 Å². The molecule has 35 heavy (non-hydrogen) atoms. The van der Waals surface area contributed by atoms with E-state index in [1.165, 1.54) is 19.2 Å². The second-order valence-corrected chi connectivity index (χ2v) is 9.33. The number of carbonyl (C=O) groups is 2. The first-order valence-corrected chi connectivity index (χ1v) is 12.0. The number of halogens is 2. The smallest absolute Gasteiger partial charge is 0.293 e. The van der Waals surface area contributed by atoms with E-state index < -0.39 is 11.1 Å². The van der Waals surface area contributed by atoms with Gasteiger partial charge in [0.25, 0.3) is 11.1 Å². The fourth-order valence-corrected chi connectivity index (χ4v) is 4.84. The number of amides is 2. The monoisotopic (exact) mass is 552 g/mol. The lowest BCUT2D eigenvalue weighted by molar-refractivity contribution is -0.123. The molecule has 1 aliphatic rings. The van der Waals surface area contributed by atoms with Crippen molar-refractivity contribution in [3.8, 4) is 17.6 Å². The molecule has 3 aromatic carbocycles. The minimum absolute atomic E-state index is 0.0227. The van der Waals surface area contributed by atoms with Gasteiger partial charge in [-0.15, -0.1) is 0 Å². The molecule has 0 spiro atoms. The van der Waals surface area contributed by atoms with Crippen LogP contribution in [-0.4, -0.2) is 23.2 Å². The summed E-state index contributed by atoms with van der Waals surface area (Å²) in [6, 6.07) is 18.4. The van der Waals surface area contributed by atoms with Crippen molar-refractivity contribution >= 4 is 44.9 Å². The third-order valence-electron chi connectivity index (χ3n) is 5.19. The lowest BCUT2D eigenvalue weighted by Gasteiger charge is -2.14. The van der Waals surface area contributed by atoms with Crippen molar-refractivity contribution in [2.24, 2.45) is 0 Å². The van der Waals surface area contributed by atoms with Crippen molar-refractivity contribution in [1.82, 2.24) is 4.90 Å². The summed E-state index contributed by atoms with van der Waals surface area (Å²) < 4.78 is 25.1. The van der Waals surface area contributed by atoms with Crippen LogP contribution in [0, 0.1) is 17.1 Å². The minimum Gasteiger partial charge on any atom is -0.493 e. The molecule has 0 aromatic heterocycles. The lowest BCUT2D eigenvalue weighted by atomic mass is 10.1. The first-order chi connectivity index (χ1) is 16.9. The molecule has 0 saturated carbocycles. The summed E-state index contributed by atoms with van der Waals surface area (Å²) in [5.74, 6) is 0.125. The molecule has 176 valence electrons. The number of imide groups is 1. The number of nitriles is 1. The first kappa shape index (κ1) is 24.5. The standard InChI is InChI=1S/C26H18BrFN2O4S/c1-33-22-11-17(10-21(27)24(22)34-15-16-6-8-20(28)9-7-16)12-23-25(31)30(26(32)35-23)14-19-5-3-2-4-18(19)13-29/h2-12H,14-15H2,1H3/b23-12+. The van der Waals surface area contributed by atoms with Crippen LogP contribution < -0.4 is 9.47 Å². The number of thioether (sulfide) groups is 1. The van der Waals surface area contributed by atoms with Crippen LogP contribution in [0.3, 0.4) is 0 Å². The van der Waals surface area contributed by atoms with E-state index in [9.17, 15) is 19.2 Å². The van der Waals surface area contributed by atoms with E-state index in [-0.39, 0.29) is 23.9 Å². The average molecular weight is 553 g/mol. The summed E-state index contributed by atoms with van der Waals surface area (Å²) in [5.41, 5.74) is 2.44. The number of rotatable bonds is 7. The molecule has 0 aliphatic carbocycles. The molecule has 0 atom stereocenters. The molecule has 3 aromatic rings. The second kappa shape index (κ2) is 10.8. The lowest BCUT2D eigenvalue weighted by Crippen LogP contribution is -2.27. The highest BCUT2D eigenvalue weighted by Gasteiger charge is 2.35. The molecule has 1 saturated heterocycles. The number of hydrogen-bond acceptors (Lipinski definition) is 6. The third kappa shape index (κ3) is 5.56. The maximum absolute atomic E-state index is 13.1. The maximum Gasteiger partial charge on any atom is 0.293 e. The molecule has 1 fully saturated rings. The molecule has 6 nitrogen and oxygen atoms in total. The average Bonchev–Trinajstić information content (AvgIpc) is 3.11. The summed E-state index contributed by atoms with van der Waals surface area (Å²) in [6.07, 6.45) is 1.61. The molecule has 0 N–H and O–H groups in total. The van der Waals surface area contributed by atoms with Crippen molar-refractivity contribution in [2.75, 3.05) is 7.11 Å². The van der Waals surface area contributed by atoms with Gasteiger partial charge in [-0.2, -0.15) is 5.26 Å². The maximum atomic E-state index is 13.1. The van der Waals surface area contributed by atoms with Crippen molar-refractivity contribution in [3.05, 3.63) is 98.1 Å². The largest absolute Gasteiger partial charge is 0.493 e. The fraction of sp³-hybridized carbons (Fsp3) is 0.115. The predicted octanol–water partition coefficient (Wildman–Crippen LogP) is 6.28. The van der Waals surface area contributed by atoms with Crippen LogP contribution in [0.1, 0.15) is 22.3 Å². The van der Waals surface area contributed by atoms with Crippen LogP contribution in [0.4, 0.5) is 9.18 Å². The van der Waals surface area contributed by atoms with Crippen LogP contribution in [0.15, 0.2) is 70.0 Å². The predicted molar refractivity (Wildman–Crippen MR) is 134 cm³/mol. The van der Waals surface area contributed by atoms with Crippen LogP contribution in [0.25, 0.3) is 6.08 Å². The van der Waals surface area contributed by atoms with Gasteiger partial charge in [0.2, 0.25) is 0 Å². The summed E-state index contributed by atoms with van der Waals surface area (Å²) in [4.78, 5) is 26.9. The Morgan fingerprint density at radius 3 is 2.60 bits per heavy atom. The molecule has 0 unspecified atom stereocenters. The van der Waals surface area contributed by atoms with Crippen LogP contribution in [0.2, 0.25) is 0 Å². The zero-order valence-electron chi connectivity index (χ0n) is 18.5. The first-order valence-electron chi connectivity index (χ1n) is 10.4. The highest BCUT2D eigenvalue weighted by Crippen LogP contribution is 2.39. The quantitative estimate of drug-likeness (QED) is 0.321. The molecule has 2 amide bonds. The Bertz CT molecular complexity index is 1370. The van der Waals surface area contributed by atoms with Crippen molar-refractivity contribution < 1.29 is 23.5 Å². The fourth-order valence-electron chi connectivity index (χ4n) is 3.42. The van der Waals surface area contributed by atoms with E-state index in [0.29, 0.717) is 32.7 Å². The van der Waals surface area contributed by atoms with Gasteiger partial charge in [-0.3, -0.25) is 14.5 Å². The zero-order valence-corrected chi connectivity index (χ0v) is 20.9. The Balaban J connectivity index is 1.54. The van der Waals surface area contributed by atoms with E-state index in [4.69, 9.17) is 9.47 Å². The second-order valence-electron chi connectivity index (χ2n) is 7.49. The van der Waals surface area contributed by atoms with Crippen molar-refractivity contribution in [2.45, 2.75) is 13.2 Å². The van der Waals surface area contributed by atoms with Gasteiger partial charge in [-0.1, -0.05) is 30.3 Å². The summed E-state index contributed by atoms with van der Waals surface area (Å²) in [5, 5.41) is 8.88. The van der Waals surface area contributed by atoms with Crippen LogP contribution in [-0.2, 0) is 17.9 Å². The van der Waals surface area contributed by atoms with Gasteiger partial charge in [0.1, 0.15) is 12.4 Å². The van der Waals surface area contributed by atoms with Gasteiger partial charge in [0.05, 0.1) is 34.7 Å². The Kier molecular flexibility index (Phi) is 7.54. The normalized spacial score (nSPS) is 14.3. The van der Waals surface area contributed by atoms with E-state index >= 15 is 0 Å². The van der Waals surface area contributed by atoms with Gasteiger partial charge in [-0.05, 0) is 80.8 Å². The van der Waals surface area contributed by atoms with Gasteiger partial charge < -0.3 is 9.47 Å². The molecular weight excluding hydrogens is 535 g/mol. The number of ether oxygens (including phenoxy) is 2. The number of nitrogens with zero attached hydrogens (tertiary/aromatic N) is 2. The van der Waals surface area contributed by atoms with Crippen LogP contribution in [0.5, 0.6) is 11.5 Å². The van der Waals surface area contributed by atoms with Crippen molar-refractivity contribution in [3.63, 3.8) is 0 Å².